The van der Waals surface area contributed by atoms with Gasteiger partial charge in [0.2, 0.25) is 12.2 Å². The van der Waals surface area contributed by atoms with Crippen LogP contribution in [0.25, 0.3) is 0 Å². The Kier molecular flexibility index (Phi) is 5.78. The molecule has 0 aromatic heterocycles. The number of carbonyl (C=O) groups is 1. The Morgan fingerprint density at radius 3 is 2.35 bits per heavy atom. The van der Waals surface area contributed by atoms with Crippen molar-refractivity contribution in [1.29, 1.82) is 0 Å². The van der Waals surface area contributed by atoms with E-state index < -0.39 is 43.2 Å². The summed E-state index contributed by atoms with van der Waals surface area (Å²) in [7, 11) is 1.54. The number of aliphatic hydroxyl groups is 3. The van der Waals surface area contributed by atoms with Crippen molar-refractivity contribution in [2.75, 3.05) is 13.7 Å². The van der Waals surface area contributed by atoms with Crippen molar-refractivity contribution in [3.05, 3.63) is 24.3 Å². The summed E-state index contributed by atoms with van der Waals surface area (Å²) in [6, 6.07) is 5.66. The summed E-state index contributed by atoms with van der Waals surface area (Å²) in [6.45, 7) is 0.787. The average Bonchev–Trinajstić information content (AvgIpc) is 2.54. The van der Waals surface area contributed by atoms with Gasteiger partial charge in [-0.3, -0.25) is 4.79 Å². The third-order valence-electron chi connectivity index (χ3n) is 3.56. The summed E-state index contributed by atoms with van der Waals surface area (Å²) in [5.74, 6) is 0.658. The second-order valence-corrected chi connectivity index (χ2v) is 5.23. The molecule has 2 rings (SSSR count). The molecule has 1 fully saturated rings. The van der Waals surface area contributed by atoms with Gasteiger partial charge in [-0.25, -0.2) is 0 Å². The maximum absolute atomic E-state index is 11.3. The summed E-state index contributed by atoms with van der Waals surface area (Å²) in [6.07, 6.45) is -4.76. The monoisotopic (exact) mass is 327 g/mol. The van der Waals surface area contributed by atoms with E-state index in [1.165, 1.54) is 14.0 Å². The molecule has 128 valence electrons. The van der Waals surface area contributed by atoms with Crippen LogP contribution in [0.15, 0.2) is 24.3 Å². The molecule has 1 aromatic carbocycles. The molecule has 0 unspecified atom stereocenters. The summed E-state index contributed by atoms with van der Waals surface area (Å²) in [4.78, 5) is 11.3. The van der Waals surface area contributed by atoms with Crippen LogP contribution in [0.1, 0.15) is 6.92 Å². The second kappa shape index (κ2) is 7.60. The highest BCUT2D eigenvalue weighted by molar-refractivity contribution is 5.73. The van der Waals surface area contributed by atoms with Gasteiger partial charge in [0, 0.05) is 6.92 Å². The Morgan fingerprint density at radius 2 is 1.83 bits per heavy atom. The van der Waals surface area contributed by atoms with E-state index in [1.807, 2.05) is 0 Å². The van der Waals surface area contributed by atoms with Crippen LogP contribution in [-0.4, -0.2) is 65.6 Å². The maximum Gasteiger partial charge on any atom is 0.223 e. The fourth-order valence-corrected chi connectivity index (χ4v) is 2.36. The van der Waals surface area contributed by atoms with E-state index in [2.05, 4.69) is 5.32 Å². The van der Waals surface area contributed by atoms with Gasteiger partial charge in [-0.15, -0.1) is 0 Å². The first-order valence-electron chi connectivity index (χ1n) is 7.16. The highest BCUT2D eigenvalue weighted by Gasteiger charge is 2.46. The minimum Gasteiger partial charge on any atom is -0.497 e. The summed E-state index contributed by atoms with van der Waals surface area (Å²) in [5, 5.41) is 31.8. The summed E-state index contributed by atoms with van der Waals surface area (Å²) in [5.41, 5.74) is 0. The number of nitrogens with one attached hydrogen (secondary N) is 1. The molecule has 5 atom stereocenters. The molecule has 8 heteroatoms. The summed E-state index contributed by atoms with van der Waals surface area (Å²) < 4.78 is 16.2. The summed E-state index contributed by atoms with van der Waals surface area (Å²) >= 11 is 0. The Hall–Kier alpha value is -1.87. The zero-order valence-electron chi connectivity index (χ0n) is 12.9. The predicted molar refractivity (Wildman–Crippen MR) is 79.0 cm³/mol. The molecule has 0 aliphatic carbocycles. The topological polar surface area (TPSA) is 117 Å². The number of aliphatic hydroxyl groups excluding tert-OH is 3. The maximum atomic E-state index is 11.3. The van der Waals surface area contributed by atoms with Crippen LogP contribution in [0.5, 0.6) is 11.5 Å². The first-order chi connectivity index (χ1) is 11.0. The van der Waals surface area contributed by atoms with Crippen molar-refractivity contribution >= 4 is 5.91 Å². The number of benzene rings is 1. The molecule has 1 heterocycles. The zero-order chi connectivity index (χ0) is 17.0. The molecule has 1 amide bonds. The van der Waals surface area contributed by atoms with Gasteiger partial charge in [0.1, 0.15) is 35.9 Å². The van der Waals surface area contributed by atoms with Crippen LogP contribution in [0.4, 0.5) is 0 Å². The van der Waals surface area contributed by atoms with Crippen molar-refractivity contribution in [3.63, 3.8) is 0 Å². The number of carbonyl (C=O) groups excluding carboxylic acids is 1. The molecule has 1 saturated heterocycles. The van der Waals surface area contributed by atoms with Crippen LogP contribution < -0.4 is 14.8 Å². The van der Waals surface area contributed by atoms with E-state index in [4.69, 9.17) is 14.2 Å². The van der Waals surface area contributed by atoms with Gasteiger partial charge in [-0.1, -0.05) is 0 Å². The van der Waals surface area contributed by atoms with Gasteiger partial charge in [-0.05, 0) is 24.3 Å². The molecule has 0 bridgehead atoms. The third-order valence-corrected chi connectivity index (χ3v) is 3.56. The van der Waals surface area contributed by atoms with Gasteiger partial charge in [0.05, 0.1) is 13.7 Å². The normalized spacial score (nSPS) is 30.6. The van der Waals surface area contributed by atoms with Gasteiger partial charge in [-0.2, -0.15) is 0 Å². The SMILES string of the molecule is COc1ccc(O[C@@H]2O[C@@H](CO)[C@@H](O)[C@@H](O)[C@@H]2NC(C)=O)cc1. The number of methoxy groups -OCH3 is 1. The predicted octanol–water partition coefficient (Wildman–Crippen LogP) is -0.982. The van der Waals surface area contributed by atoms with Crippen LogP contribution in [0.3, 0.4) is 0 Å². The molecular formula is C15H21NO7. The minimum absolute atomic E-state index is 0.407. The smallest absolute Gasteiger partial charge is 0.223 e. The van der Waals surface area contributed by atoms with Crippen LogP contribution in [0, 0.1) is 0 Å². The van der Waals surface area contributed by atoms with Crippen molar-refractivity contribution in [2.45, 2.75) is 37.6 Å². The first kappa shape index (κ1) is 17.5. The fraction of sp³-hybridized carbons (Fsp3) is 0.533. The van der Waals surface area contributed by atoms with Crippen molar-refractivity contribution < 1.29 is 34.3 Å². The number of hydrogen-bond acceptors (Lipinski definition) is 7. The van der Waals surface area contributed by atoms with Crippen molar-refractivity contribution in [3.8, 4) is 11.5 Å². The van der Waals surface area contributed by atoms with Gasteiger partial charge >= 0.3 is 0 Å². The molecule has 8 nitrogen and oxygen atoms in total. The standard InChI is InChI=1S/C15H21NO7/c1-8(18)16-12-14(20)13(19)11(7-17)23-15(12)22-10-5-3-9(21-2)4-6-10/h3-6,11-15,17,19-20H,7H2,1-2H3,(H,16,18)/t11-,12-,13+,14-,15+/m0/s1. The van der Waals surface area contributed by atoms with Gasteiger partial charge < -0.3 is 34.8 Å². The average molecular weight is 327 g/mol. The molecule has 0 spiro atoms. The Bertz CT molecular complexity index is 521. The van der Waals surface area contributed by atoms with E-state index in [-0.39, 0.29) is 0 Å². The Balaban J connectivity index is 2.17. The minimum atomic E-state index is -1.34. The lowest BCUT2D eigenvalue weighted by molar-refractivity contribution is -0.244. The number of ether oxygens (including phenoxy) is 3. The second-order valence-electron chi connectivity index (χ2n) is 5.23. The third kappa shape index (κ3) is 4.11. The highest BCUT2D eigenvalue weighted by Crippen LogP contribution is 2.25. The lowest BCUT2D eigenvalue weighted by Crippen LogP contribution is -2.65. The highest BCUT2D eigenvalue weighted by atomic mass is 16.7. The molecule has 23 heavy (non-hydrogen) atoms. The van der Waals surface area contributed by atoms with Gasteiger partial charge in [0.25, 0.3) is 0 Å². The first-order valence-corrected chi connectivity index (χ1v) is 7.16. The largest absolute Gasteiger partial charge is 0.497 e. The number of rotatable bonds is 5. The number of hydrogen-bond donors (Lipinski definition) is 4. The van der Waals surface area contributed by atoms with E-state index >= 15 is 0 Å². The van der Waals surface area contributed by atoms with Crippen LogP contribution in [-0.2, 0) is 9.53 Å². The van der Waals surface area contributed by atoms with Gasteiger partial charge in [0.15, 0.2) is 0 Å². The Morgan fingerprint density at radius 1 is 1.22 bits per heavy atom. The molecular weight excluding hydrogens is 306 g/mol. The molecule has 1 aromatic rings. The lowest BCUT2D eigenvalue weighted by Gasteiger charge is -2.42. The quantitative estimate of drug-likeness (QED) is 0.549. The van der Waals surface area contributed by atoms with Crippen LogP contribution >= 0.6 is 0 Å². The van der Waals surface area contributed by atoms with Crippen molar-refractivity contribution in [2.24, 2.45) is 0 Å². The molecule has 0 saturated carbocycles. The van der Waals surface area contributed by atoms with Crippen molar-refractivity contribution in [1.82, 2.24) is 5.32 Å². The van der Waals surface area contributed by atoms with Crippen LogP contribution in [0.2, 0.25) is 0 Å². The Labute approximate surface area is 133 Å². The molecule has 1 aliphatic heterocycles. The lowest BCUT2D eigenvalue weighted by atomic mass is 9.97. The van der Waals surface area contributed by atoms with E-state index in [0.717, 1.165) is 0 Å². The molecule has 0 radical (unpaired) electrons. The number of amides is 1. The zero-order valence-corrected chi connectivity index (χ0v) is 12.9. The van der Waals surface area contributed by atoms with E-state index in [9.17, 15) is 20.1 Å². The molecule has 4 N–H and O–H groups in total. The van der Waals surface area contributed by atoms with E-state index in [0.29, 0.717) is 11.5 Å². The van der Waals surface area contributed by atoms with E-state index in [1.54, 1.807) is 24.3 Å². The molecule has 1 aliphatic rings. The fourth-order valence-electron chi connectivity index (χ4n) is 2.36.